The van der Waals surface area contributed by atoms with E-state index < -0.39 is 18.2 Å². The summed E-state index contributed by atoms with van der Waals surface area (Å²) in [6.45, 7) is 2.05. The van der Waals surface area contributed by atoms with Gasteiger partial charge < -0.3 is 20.4 Å². The number of phenols is 1. The van der Waals surface area contributed by atoms with Gasteiger partial charge in [0.1, 0.15) is 11.3 Å². The number of carboxylic acid groups (broad SMARTS) is 1. The van der Waals surface area contributed by atoms with Crippen LogP contribution in [0.25, 0.3) is 6.08 Å². The van der Waals surface area contributed by atoms with Gasteiger partial charge >= 0.3 is 5.97 Å². The van der Waals surface area contributed by atoms with E-state index in [0.29, 0.717) is 6.42 Å². The summed E-state index contributed by atoms with van der Waals surface area (Å²) in [5.41, 5.74) is 0.0590. The number of hydrogen-bond acceptors (Lipinski definition) is 4. The van der Waals surface area contributed by atoms with Crippen molar-refractivity contribution in [1.82, 2.24) is 0 Å². The molecule has 21 heavy (non-hydrogen) atoms. The minimum absolute atomic E-state index is 0.221. The van der Waals surface area contributed by atoms with Crippen LogP contribution in [0.2, 0.25) is 0 Å². The van der Waals surface area contributed by atoms with Crippen LogP contribution in [0.15, 0.2) is 24.3 Å². The Morgan fingerprint density at radius 1 is 1.29 bits per heavy atom. The van der Waals surface area contributed by atoms with Crippen LogP contribution in [0.3, 0.4) is 0 Å². The van der Waals surface area contributed by atoms with Crippen molar-refractivity contribution >= 4 is 12.0 Å². The van der Waals surface area contributed by atoms with E-state index in [4.69, 9.17) is 5.11 Å². The Labute approximate surface area is 124 Å². The van der Waals surface area contributed by atoms with E-state index in [1.807, 2.05) is 0 Å². The molecule has 4 N–H and O–H groups in total. The summed E-state index contributed by atoms with van der Waals surface area (Å²) < 4.78 is 0. The molecule has 0 heterocycles. The zero-order chi connectivity index (χ0) is 15.8. The van der Waals surface area contributed by atoms with E-state index in [1.54, 1.807) is 0 Å². The summed E-state index contributed by atoms with van der Waals surface area (Å²) in [5.74, 6) is -1.58. The van der Waals surface area contributed by atoms with E-state index in [-0.39, 0.29) is 16.9 Å². The zero-order valence-corrected chi connectivity index (χ0v) is 12.1. The third-order valence-electron chi connectivity index (χ3n) is 3.26. The van der Waals surface area contributed by atoms with Gasteiger partial charge in [0.15, 0.2) is 0 Å². The molecule has 2 atom stereocenters. The number of aromatic hydroxyl groups is 1. The predicted molar refractivity (Wildman–Crippen MR) is 80.3 cm³/mol. The summed E-state index contributed by atoms with van der Waals surface area (Å²) in [6, 6.07) is 4.33. The lowest BCUT2D eigenvalue weighted by Gasteiger charge is -2.14. The second-order valence-electron chi connectivity index (χ2n) is 4.96. The molecule has 1 aromatic carbocycles. The molecule has 1 aromatic rings. The molecule has 116 valence electrons. The minimum atomic E-state index is -1.24. The molecule has 0 amide bonds. The lowest BCUT2D eigenvalue weighted by atomic mass is 10.0. The second kappa shape index (κ2) is 8.44. The van der Waals surface area contributed by atoms with Crippen LogP contribution in [-0.4, -0.2) is 38.6 Å². The van der Waals surface area contributed by atoms with Crippen LogP contribution in [0.4, 0.5) is 0 Å². The van der Waals surface area contributed by atoms with Crippen molar-refractivity contribution in [3.63, 3.8) is 0 Å². The van der Waals surface area contributed by atoms with Crippen LogP contribution in [0.1, 0.15) is 48.5 Å². The molecule has 5 nitrogen and oxygen atoms in total. The van der Waals surface area contributed by atoms with Gasteiger partial charge in [0.05, 0.1) is 12.2 Å². The third kappa shape index (κ3) is 5.21. The summed E-state index contributed by atoms with van der Waals surface area (Å²) in [6.07, 6.45) is 4.14. The molecular formula is C16H22O5. The smallest absolute Gasteiger partial charge is 0.340 e. The van der Waals surface area contributed by atoms with Crippen molar-refractivity contribution in [2.45, 2.75) is 44.8 Å². The first kappa shape index (κ1) is 17.2. The maximum absolute atomic E-state index is 11.1. The maximum atomic E-state index is 11.1. The van der Waals surface area contributed by atoms with Gasteiger partial charge in [-0.2, -0.15) is 0 Å². The van der Waals surface area contributed by atoms with Gasteiger partial charge in [0, 0.05) is 0 Å². The SMILES string of the molecule is CCCCC[C@@H](O)[C@@H](O)C=Cc1cccc(O)c1C(=O)O. The van der Waals surface area contributed by atoms with Crippen LogP contribution in [-0.2, 0) is 0 Å². The van der Waals surface area contributed by atoms with E-state index in [0.717, 1.165) is 19.3 Å². The standard InChI is InChI=1S/C16H22O5/c1-2-3-4-7-12(17)13(18)10-9-11-6-5-8-14(19)15(11)16(20)21/h5-6,8-10,12-13,17-19H,2-4,7H2,1H3,(H,20,21)/t12-,13+/m1/s1. The molecule has 0 aromatic heterocycles. The number of rotatable bonds is 8. The van der Waals surface area contributed by atoms with Crippen molar-refractivity contribution < 1.29 is 25.2 Å². The predicted octanol–water partition coefficient (Wildman–Crippen LogP) is 2.41. The van der Waals surface area contributed by atoms with Crippen molar-refractivity contribution in [2.75, 3.05) is 0 Å². The van der Waals surface area contributed by atoms with Gasteiger partial charge in [-0.05, 0) is 18.1 Å². The van der Waals surface area contributed by atoms with Crippen LogP contribution >= 0.6 is 0 Å². The third-order valence-corrected chi connectivity index (χ3v) is 3.26. The van der Waals surface area contributed by atoms with Crippen molar-refractivity contribution in [2.24, 2.45) is 0 Å². The molecule has 0 saturated heterocycles. The van der Waals surface area contributed by atoms with E-state index in [2.05, 4.69) is 6.92 Å². The van der Waals surface area contributed by atoms with Crippen molar-refractivity contribution in [1.29, 1.82) is 0 Å². The monoisotopic (exact) mass is 294 g/mol. The fraction of sp³-hybridized carbons (Fsp3) is 0.438. The Balaban J connectivity index is 2.76. The molecule has 0 unspecified atom stereocenters. The molecule has 1 rings (SSSR count). The van der Waals surface area contributed by atoms with Gasteiger partial charge in [-0.15, -0.1) is 0 Å². The molecule has 5 heteroatoms. The molecule has 0 fully saturated rings. The van der Waals surface area contributed by atoms with Gasteiger partial charge in [-0.25, -0.2) is 4.79 Å². The topological polar surface area (TPSA) is 98.0 Å². The van der Waals surface area contributed by atoms with Crippen molar-refractivity contribution in [3.8, 4) is 5.75 Å². The molecule has 0 aliphatic rings. The summed E-state index contributed by atoms with van der Waals surface area (Å²) in [4.78, 5) is 11.1. The van der Waals surface area contributed by atoms with Gasteiger partial charge in [-0.3, -0.25) is 0 Å². The average molecular weight is 294 g/mol. The Morgan fingerprint density at radius 2 is 2.00 bits per heavy atom. The number of carboxylic acids is 1. The van der Waals surface area contributed by atoms with Gasteiger partial charge in [-0.1, -0.05) is 50.5 Å². The van der Waals surface area contributed by atoms with E-state index in [9.17, 15) is 20.1 Å². The molecule has 0 spiro atoms. The first-order chi connectivity index (χ1) is 9.97. The molecule has 0 aliphatic heterocycles. The Morgan fingerprint density at radius 3 is 2.62 bits per heavy atom. The Hall–Kier alpha value is -1.85. The largest absolute Gasteiger partial charge is 0.507 e. The number of hydrogen-bond donors (Lipinski definition) is 4. The highest BCUT2D eigenvalue weighted by atomic mass is 16.4. The first-order valence-electron chi connectivity index (χ1n) is 7.07. The molecule has 0 radical (unpaired) electrons. The highest BCUT2D eigenvalue weighted by Gasteiger charge is 2.15. The van der Waals surface area contributed by atoms with E-state index >= 15 is 0 Å². The molecule has 0 aliphatic carbocycles. The van der Waals surface area contributed by atoms with Gasteiger partial charge in [0.2, 0.25) is 0 Å². The Kier molecular flexibility index (Phi) is 6.91. The zero-order valence-electron chi connectivity index (χ0n) is 12.1. The quantitative estimate of drug-likeness (QED) is 0.552. The number of benzene rings is 1. The number of unbranched alkanes of at least 4 members (excludes halogenated alkanes) is 2. The van der Waals surface area contributed by atoms with Gasteiger partial charge in [0.25, 0.3) is 0 Å². The fourth-order valence-corrected chi connectivity index (χ4v) is 2.03. The molecule has 0 bridgehead atoms. The Bertz CT molecular complexity index is 495. The summed E-state index contributed by atoms with van der Waals surface area (Å²) >= 11 is 0. The maximum Gasteiger partial charge on any atom is 0.340 e. The normalized spacial score (nSPS) is 14.2. The lowest BCUT2D eigenvalue weighted by molar-refractivity contribution is 0.0420. The molecular weight excluding hydrogens is 272 g/mol. The van der Waals surface area contributed by atoms with E-state index in [1.165, 1.54) is 30.4 Å². The minimum Gasteiger partial charge on any atom is -0.507 e. The summed E-state index contributed by atoms with van der Waals surface area (Å²) in [7, 11) is 0. The number of aliphatic hydroxyl groups excluding tert-OH is 2. The first-order valence-corrected chi connectivity index (χ1v) is 7.07. The van der Waals surface area contributed by atoms with Crippen LogP contribution < -0.4 is 0 Å². The van der Waals surface area contributed by atoms with Crippen molar-refractivity contribution in [3.05, 3.63) is 35.4 Å². The van der Waals surface area contributed by atoms with Crippen LogP contribution in [0, 0.1) is 0 Å². The average Bonchev–Trinajstić information content (AvgIpc) is 2.44. The highest BCUT2D eigenvalue weighted by molar-refractivity contribution is 5.95. The number of aliphatic hydroxyl groups is 2. The number of aromatic carboxylic acids is 1. The fourth-order valence-electron chi connectivity index (χ4n) is 2.03. The van der Waals surface area contributed by atoms with Crippen LogP contribution in [0.5, 0.6) is 5.75 Å². The summed E-state index contributed by atoms with van der Waals surface area (Å²) in [5, 5.41) is 38.2. The lowest BCUT2D eigenvalue weighted by Crippen LogP contribution is -2.23. The molecule has 0 saturated carbocycles. The second-order valence-corrected chi connectivity index (χ2v) is 4.96. The number of carbonyl (C=O) groups is 1. The highest BCUT2D eigenvalue weighted by Crippen LogP contribution is 2.22.